The lowest BCUT2D eigenvalue weighted by molar-refractivity contribution is 0.345. The van der Waals surface area contributed by atoms with E-state index in [0.29, 0.717) is 12.0 Å². The molecule has 0 unspecified atom stereocenters. The lowest BCUT2D eigenvalue weighted by Crippen LogP contribution is -2.29. The molecular weight excluding hydrogens is 244 g/mol. The fourth-order valence-corrected chi connectivity index (χ4v) is 3.39. The maximum absolute atomic E-state index is 5.75. The number of benzene rings is 1. The molecule has 1 saturated carbocycles. The van der Waals surface area contributed by atoms with Crippen LogP contribution in [0.1, 0.15) is 63.9 Å². The van der Waals surface area contributed by atoms with Crippen molar-refractivity contribution < 1.29 is 0 Å². The van der Waals surface area contributed by atoms with Gasteiger partial charge in [-0.1, -0.05) is 26.0 Å². The van der Waals surface area contributed by atoms with E-state index in [1.165, 1.54) is 49.8 Å². The molecule has 1 aromatic rings. The van der Waals surface area contributed by atoms with Gasteiger partial charge in [-0.05, 0) is 74.6 Å². The number of hydrogen-bond acceptors (Lipinski definition) is 2. The van der Waals surface area contributed by atoms with Crippen LogP contribution < -0.4 is 11.1 Å². The Morgan fingerprint density at radius 2 is 1.65 bits per heavy atom. The van der Waals surface area contributed by atoms with Crippen molar-refractivity contribution in [3.8, 4) is 0 Å². The van der Waals surface area contributed by atoms with E-state index in [-0.39, 0.29) is 0 Å². The number of nitrogens with two attached hydrogens (primary N) is 1. The second-order valence-electron chi connectivity index (χ2n) is 6.23. The summed E-state index contributed by atoms with van der Waals surface area (Å²) < 4.78 is 0. The first-order valence-corrected chi connectivity index (χ1v) is 8.33. The van der Waals surface area contributed by atoms with Crippen LogP contribution in [0.2, 0.25) is 0 Å². The highest BCUT2D eigenvalue weighted by atomic mass is 14.9. The zero-order valence-corrected chi connectivity index (χ0v) is 13.1. The highest BCUT2D eigenvalue weighted by Crippen LogP contribution is 2.27. The first-order chi connectivity index (χ1) is 9.76. The van der Waals surface area contributed by atoms with Gasteiger partial charge in [0, 0.05) is 11.7 Å². The molecule has 2 heteroatoms. The summed E-state index contributed by atoms with van der Waals surface area (Å²) in [5, 5.41) is 3.69. The Hall–Kier alpha value is -1.02. The van der Waals surface area contributed by atoms with Gasteiger partial charge in [-0.2, -0.15) is 0 Å². The van der Waals surface area contributed by atoms with Gasteiger partial charge in [0.2, 0.25) is 0 Å². The first kappa shape index (κ1) is 15.4. The average molecular weight is 274 g/mol. The molecule has 0 atom stereocenters. The predicted octanol–water partition coefficient (Wildman–Crippen LogP) is 4.52. The van der Waals surface area contributed by atoms with Gasteiger partial charge < -0.3 is 11.1 Å². The summed E-state index contributed by atoms with van der Waals surface area (Å²) in [7, 11) is 0. The minimum Gasteiger partial charge on any atom is -0.382 e. The molecule has 0 radical (unpaired) electrons. The van der Waals surface area contributed by atoms with E-state index >= 15 is 0 Å². The zero-order chi connectivity index (χ0) is 14.4. The number of nitrogens with one attached hydrogen (secondary N) is 1. The van der Waals surface area contributed by atoms with E-state index in [1.54, 1.807) is 0 Å². The second kappa shape index (κ2) is 7.68. The summed E-state index contributed by atoms with van der Waals surface area (Å²) in [6.07, 6.45) is 7.53. The summed E-state index contributed by atoms with van der Waals surface area (Å²) >= 11 is 0. The van der Waals surface area contributed by atoms with Crippen molar-refractivity contribution in [3.63, 3.8) is 0 Å². The Balaban J connectivity index is 1.88. The maximum atomic E-state index is 5.75. The third kappa shape index (κ3) is 3.99. The normalized spacial score (nSPS) is 23.0. The molecule has 1 fully saturated rings. The molecule has 112 valence electrons. The van der Waals surface area contributed by atoms with Crippen LogP contribution in [0, 0.1) is 5.92 Å². The summed E-state index contributed by atoms with van der Waals surface area (Å²) in [6.45, 7) is 5.41. The SMILES string of the molecule is CCC(CC)c1ccc(NC2CCC(CN)CC2)cc1. The minimum atomic E-state index is 0.636. The van der Waals surface area contributed by atoms with E-state index < -0.39 is 0 Å². The van der Waals surface area contributed by atoms with Crippen molar-refractivity contribution >= 4 is 5.69 Å². The molecule has 0 aromatic heterocycles. The molecule has 0 heterocycles. The molecule has 2 rings (SSSR count). The van der Waals surface area contributed by atoms with Crippen LogP contribution in [0.5, 0.6) is 0 Å². The third-order valence-corrected chi connectivity index (χ3v) is 4.92. The third-order valence-electron chi connectivity index (χ3n) is 4.92. The fourth-order valence-electron chi connectivity index (χ4n) is 3.39. The van der Waals surface area contributed by atoms with Gasteiger partial charge in [-0.3, -0.25) is 0 Å². The Bertz CT molecular complexity index is 373. The van der Waals surface area contributed by atoms with Crippen LogP contribution in [0.15, 0.2) is 24.3 Å². The van der Waals surface area contributed by atoms with Crippen molar-refractivity contribution in [2.45, 2.75) is 64.3 Å². The lowest BCUT2D eigenvalue weighted by Gasteiger charge is -2.29. The highest BCUT2D eigenvalue weighted by molar-refractivity contribution is 5.46. The Kier molecular flexibility index (Phi) is 5.90. The Labute approximate surface area is 124 Å². The van der Waals surface area contributed by atoms with Crippen molar-refractivity contribution in [1.82, 2.24) is 0 Å². The fraction of sp³-hybridized carbons (Fsp3) is 0.667. The quantitative estimate of drug-likeness (QED) is 0.800. The van der Waals surface area contributed by atoms with Gasteiger partial charge in [0.25, 0.3) is 0 Å². The monoisotopic (exact) mass is 274 g/mol. The van der Waals surface area contributed by atoms with Gasteiger partial charge in [0.15, 0.2) is 0 Å². The number of rotatable bonds is 6. The molecule has 1 aromatic carbocycles. The number of hydrogen-bond donors (Lipinski definition) is 2. The summed E-state index contributed by atoms with van der Waals surface area (Å²) in [5.74, 6) is 1.47. The Morgan fingerprint density at radius 3 is 2.15 bits per heavy atom. The second-order valence-corrected chi connectivity index (χ2v) is 6.23. The predicted molar refractivity (Wildman–Crippen MR) is 88.2 cm³/mol. The molecule has 2 nitrogen and oxygen atoms in total. The van der Waals surface area contributed by atoms with Crippen LogP contribution in [-0.4, -0.2) is 12.6 Å². The lowest BCUT2D eigenvalue weighted by atomic mass is 9.86. The van der Waals surface area contributed by atoms with Gasteiger partial charge in [0.05, 0.1) is 0 Å². The molecule has 1 aliphatic carbocycles. The molecule has 0 spiro atoms. The van der Waals surface area contributed by atoms with Crippen LogP contribution in [0.4, 0.5) is 5.69 Å². The average Bonchev–Trinajstić information content (AvgIpc) is 2.51. The Morgan fingerprint density at radius 1 is 1.05 bits per heavy atom. The van der Waals surface area contributed by atoms with Crippen LogP contribution in [0.25, 0.3) is 0 Å². The van der Waals surface area contributed by atoms with Crippen LogP contribution >= 0.6 is 0 Å². The summed E-state index contributed by atoms with van der Waals surface area (Å²) in [5.41, 5.74) is 8.51. The van der Waals surface area contributed by atoms with Crippen molar-refractivity contribution in [2.75, 3.05) is 11.9 Å². The molecule has 0 aliphatic heterocycles. The molecule has 0 bridgehead atoms. The van der Waals surface area contributed by atoms with E-state index in [9.17, 15) is 0 Å². The largest absolute Gasteiger partial charge is 0.382 e. The summed E-state index contributed by atoms with van der Waals surface area (Å²) in [4.78, 5) is 0. The van der Waals surface area contributed by atoms with Gasteiger partial charge in [-0.25, -0.2) is 0 Å². The van der Waals surface area contributed by atoms with Gasteiger partial charge in [0.1, 0.15) is 0 Å². The van der Waals surface area contributed by atoms with Gasteiger partial charge in [-0.15, -0.1) is 0 Å². The van der Waals surface area contributed by atoms with Crippen LogP contribution in [0.3, 0.4) is 0 Å². The molecule has 1 aliphatic rings. The summed E-state index contributed by atoms with van der Waals surface area (Å²) in [6, 6.07) is 9.74. The standard InChI is InChI=1S/C18H30N2/c1-3-15(4-2)16-7-11-18(12-8-16)20-17-9-5-14(13-19)6-10-17/h7-8,11-12,14-15,17,20H,3-6,9-10,13,19H2,1-2H3. The number of anilines is 1. The zero-order valence-electron chi connectivity index (χ0n) is 13.1. The van der Waals surface area contributed by atoms with E-state index in [2.05, 4.69) is 43.4 Å². The molecule has 0 saturated heterocycles. The molecule has 0 amide bonds. The molecule has 20 heavy (non-hydrogen) atoms. The van der Waals surface area contributed by atoms with Crippen molar-refractivity contribution in [3.05, 3.63) is 29.8 Å². The minimum absolute atomic E-state index is 0.636. The van der Waals surface area contributed by atoms with E-state index in [4.69, 9.17) is 5.73 Å². The van der Waals surface area contributed by atoms with Crippen molar-refractivity contribution in [1.29, 1.82) is 0 Å². The maximum Gasteiger partial charge on any atom is 0.0342 e. The highest BCUT2D eigenvalue weighted by Gasteiger charge is 2.19. The van der Waals surface area contributed by atoms with E-state index in [1.807, 2.05) is 0 Å². The topological polar surface area (TPSA) is 38.0 Å². The smallest absolute Gasteiger partial charge is 0.0342 e. The van der Waals surface area contributed by atoms with Crippen LogP contribution in [-0.2, 0) is 0 Å². The van der Waals surface area contributed by atoms with Crippen molar-refractivity contribution in [2.24, 2.45) is 11.7 Å². The first-order valence-electron chi connectivity index (χ1n) is 8.33. The van der Waals surface area contributed by atoms with E-state index in [0.717, 1.165) is 12.5 Å². The molecule has 3 N–H and O–H groups in total. The molecular formula is C18H30N2. The van der Waals surface area contributed by atoms with Gasteiger partial charge >= 0.3 is 0 Å².